The van der Waals surface area contributed by atoms with Gasteiger partial charge in [-0.1, -0.05) is 30.3 Å². The number of nitrogens with one attached hydrogen (secondary N) is 1. The summed E-state index contributed by atoms with van der Waals surface area (Å²) in [6.45, 7) is 2.17. The molecule has 0 heterocycles. The van der Waals surface area contributed by atoms with E-state index in [1.54, 1.807) is 6.92 Å². The SMILES string of the molecule is CCOC(=O)[C@@H]1[C@@H](NC(=O)OCc2ccccc2)[C@@H]2CC[C@H]1C(=C=O)C2. The number of carbonyl (C=O) groups excluding carboxylic acids is 3. The van der Waals surface area contributed by atoms with E-state index in [1.165, 1.54) is 0 Å². The molecule has 0 spiro atoms. The molecule has 3 aliphatic rings. The maximum atomic E-state index is 12.5. The summed E-state index contributed by atoms with van der Waals surface area (Å²) in [4.78, 5) is 36.0. The van der Waals surface area contributed by atoms with Crippen molar-refractivity contribution in [2.24, 2.45) is 17.8 Å². The van der Waals surface area contributed by atoms with Crippen LogP contribution in [0, 0.1) is 17.8 Å². The molecule has 1 aromatic rings. The molecule has 3 fully saturated rings. The Balaban J connectivity index is 1.69. The second kappa shape index (κ2) is 8.19. The Labute approximate surface area is 152 Å². The Morgan fingerprint density at radius 3 is 2.65 bits per heavy atom. The minimum Gasteiger partial charge on any atom is -0.466 e. The number of rotatable bonds is 5. The zero-order chi connectivity index (χ0) is 18.5. The Morgan fingerprint density at radius 1 is 1.19 bits per heavy atom. The summed E-state index contributed by atoms with van der Waals surface area (Å²) < 4.78 is 10.5. The monoisotopic (exact) mass is 357 g/mol. The number of alkyl carbamates (subject to hydrolysis) is 1. The van der Waals surface area contributed by atoms with Crippen molar-refractivity contribution in [3.63, 3.8) is 0 Å². The molecule has 0 aromatic heterocycles. The zero-order valence-electron chi connectivity index (χ0n) is 14.8. The molecule has 0 radical (unpaired) electrons. The highest BCUT2D eigenvalue weighted by atomic mass is 16.5. The summed E-state index contributed by atoms with van der Waals surface area (Å²) >= 11 is 0. The van der Waals surface area contributed by atoms with Crippen molar-refractivity contribution >= 4 is 18.0 Å². The van der Waals surface area contributed by atoms with E-state index in [2.05, 4.69) is 5.32 Å². The van der Waals surface area contributed by atoms with E-state index in [9.17, 15) is 14.4 Å². The predicted molar refractivity (Wildman–Crippen MR) is 93.7 cm³/mol. The maximum Gasteiger partial charge on any atom is 0.407 e. The number of ether oxygens (including phenoxy) is 2. The average Bonchev–Trinajstić information content (AvgIpc) is 2.67. The second-order valence-electron chi connectivity index (χ2n) is 6.79. The minimum absolute atomic E-state index is 0.0233. The van der Waals surface area contributed by atoms with Crippen LogP contribution >= 0.6 is 0 Å². The molecule has 6 nitrogen and oxygen atoms in total. The lowest BCUT2D eigenvalue weighted by atomic mass is 9.59. The average molecular weight is 357 g/mol. The van der Waals surface area contributed by atoms with Crippen molar-refractivity contribution in [3.8, 4) is 0 Å². The van der Waals surface area contributed by atoms with Crippen LogP contribution in [0.2, 0.25) is 0 Å². The van der Waals surface area contributed by atoms with Crippen LogP contribution in [0.25, 0.3) is 0 Å². The Hall–Kier alpha value is -2.59. The van der Waals surface area contributed by atoms with Gasteiger partial charge >= 0.3 is 12.1 Å². The fraction of sp³-hybridized carbons (Fsp3) is 0.500. The molecule has 2 bridgehead atoms. The van der Waals surface area contributed by atoms with Gasteiger partial charge in [0, 0.05) is 17.5 Å². The molecule has 1 N–H and O–H groups in total. The molecule has 26 heavy (non-hydrogen) atoms. The smallest absolute Gasteiger partial charge is 0.407 e. The highest BCUT2D eigenvalue weighted by molar-refractivity contribution is 5.78. The molecule has 1 aromatic carbocycles. The van der Waals surface area contributed by atoms with Gasteiger partial charge in [0.2, 0.25) is 0 Å². The highest BCUT2D eigenvalue weighted by Crippen LogP contribution is 2.47. The van der Waals surface area contributed by atoms with Gasteiger partial charge < -0.3 is 14.8 Å². The second-order valence-corrected chi connectivity index (χ2v) is 6.79. The molecule has 3 aliphatic carbocycles. The van der Waals surface area contributed by atoms with E-state index in [0.29, 0.717) is 12.0 Å². The van der Waals surface area contributed by atoms with Crippen LogP contribution in [0.4, 0.5) is 4.79 Å². The van der Waals surface area contributed by atoms with E-state index in [1.807, 2.05) is 36.3 Å². The van der Waals surface area contributed by atoms with Crippen molar-refractivity contribution in [2.45, 2.75) is 38.8 Å². The quantitative estimate of drug-likeness (QED) is 0.647. The van der Waals surface area contributed by atoms with Crippen LogP contribution in [0.15, 0.2) is 35.9 Å². The normalized spacial score (nSPS) is 26.7. The third-order valence-electron chi connectivity index (χ3n) is 5.29. The van der Waals surface area contributed by atoms with Crippen molar-refractivity contribution in [1.29, 1.82) is 0 Å². The third kappa shape index (κ3) is 3.81. The lowest BCUT2D eigenvalue weighted by Crippen LogP contribution is -2.57. The molecule has 0 aliphatic heterocycles. The van der Waals surface area contributed by atoms with E-state index >= 15 is 0 Å². The summed E-state index contributed by atoms with van der Waals surface area (Å²) in [5.74, 6) is 0.884. The molecule has 6 heteroatoms. The Bertz CT molecular complexity index is 710. The minimum atomic E-state index is -0.558. The van der Waals surface area contributed by atoms with Gasteiger partial charge in [-0.15, -0.1) is 0 Å². The molecule has 0 unspecified atom stereocenters. The zero-order valence-corrected chi connectivity index (χ0v) is 14.8. The van der Waals surface area contributed by atoms with Gasteiger partial charge in [-0.2, -0.15) is 0 Å². The number of hydrogen-bond acceptors (Lipinski definition) is 5. The van der Waals surface area contributed by atoms with Gasteiger partial charge in [-0.05, 0) is 37.7 Å². The van der Waals surface area contributed by atoms with Crippen molar-refractivity contribution in [2.75, 3.05) is 6.61 Å². The van der Waals surface area contributed by atoms with Crippen LogP contribution in [0.1, 0.15) is 31.7 Å². The molecule has 0 saturated heterocycles. The first-order chi connectivity index (χ1) is 12.6. The summed E-state index contributed by atoms with van der Waals surface area (Å²) in [5.41, 5.74) is 1.52. The fourth-order valence-corrected chi connectivity index (χ4v) is 4.13. The maximum absolute atomic E-state index is 12.5. The summed E-state index contributed by atoms with van der Waals surface area (Å²) in [6, 6.07) is 9.01. The van der Waals surface area contributed by atoms with E-state index < -0.39 is 12.0 Å². The van der Waals surface area contributed by atoms with Crippen molar-refractivity contribution < 1.29 is 23.9 Å². The molecule has 138 valence electrons. The predicted octanol–water partition coefficient (Wildman–Crippen LogP) is 2.65. The Kier molecular flexibility index (Phi) is 5.74. The third-order valence-corrected chi connectivity index (χ3v) is 5.29. The van der Waals surface area contributed by atoms with Crippen molar-refractivity contribution in [3.05, 3.63) is 41.5 Å². The summed E-state index contributed by atoms with van der Waals surface area (Å²) in [6.07, 6.45) is 1.61. The van der Waals surface area contributed by atoms with Gasteiger partial charge in [0.05, 0.1) is 12.5 Å². The van der Waals surface area contributed by atoms with E-state index in [4.69, 9.17) is 9.47 Å². The number of allylic oxidation sites excluding steroid dienone is 1. The van der Waals surface area contributed by atoms with Gasteiger partial charge in [0.15, 0.2) is 0 Å². The topological polar surface area (TPSA) is 81.7 Å². The van der Waals surface area contributed by atoms with Crippen LogP contribution in [0.5, 0.6) is 0 Å². The first-order valence-electron chi connectivity index (χ1n) is 9.01. The number of fused-ring (bicyclic) bond motifs is 3. The number of benzene rings is 1. The van der Waals surface area contributed by atoms with Crippen LogP contribution < -0.4 is 5.32 Å². The molecular formula is C20H23NO5. The van der Waals surface area contributed by atoms with Crippen LogP contribution in [-0.2, 0) is 25.7 Å². The van der Waals surface area contributed by atoms with Gasteiger partial charge in [-0.3, -0.25) is 4.79 Å². The van der Waals surface area contributed by atoms with E-state index in [-0.39, 0.29) is 37.1 Å². The van der Waals surface area contributed by atoms with Gasteiger partial charge in [0.1, 0.15) is 12.5 Å². The van der Waals surface area contributed by atoms with E-state index in [0.717, 1.165) is 18.4 Å². The molecule has 4 rings (SSSR count). The van der Waals surface area contributed by atoms with Crippen LogP contribution in [-0.4, -0.2) is 30.7 Å². The number of esters is 1. The first kappa shape index (κ1) is 18.2. The number of amides is 1. The molecular weight excluding hydrogens is 334 g/mol. The Morgan fingerprint density at radius 2 is 1.96 bits per heavy atom. The summed E-state index contributed by atoms with van der Waals surface area (Å²) in [7, 11) is 0. The largest absolute Gasteiger partial charge is 0.466 e. The lowest BCUT2D eigenvalue weighted by Gasteiger charge is -2.47. The standard InChI is InChI=1S/C20H23NO5/c1-2-25-19(23)17-16-9-8-14(10-15(16)11-22)18(17)21-20(24)26-12-13-6-4-3-5-7-13/h3-7,14,16-18H,2,8-10,12H2,1H3,(H,21,24)/t14-,16+,17+,18+/m1/s1. The molecule has 4 atom stereocenters. The summed E-state index contributed by atoms with van der Waals surface area (Å²) in [5, 5.41) is 2.85. The van der Waals surface area contributed by atoms with Crippen LogP contribution in [0.3, 0.4) is 0 Å². The van der Waals surface area contributed by atoms with Gasteiger partial charge in [-0.25, -0.2) is 9.59 Å². The lowest BCUT2D eigenvalue weighted by molar-refractivity contribution is -0.154. The van der Waals surface area contributed by atoms with Gasteiger partial charge in [0.25, 0.3) is 0 Å². The number of carbonyl (C=O) groups is 2. The fourth-order valence-electron chi connectivity index (χ4n) is 4.13. The number of hydrogen-bond donors (Lipinski definition) is 1. The molecule has 3 saturated carbocycles. The molecule has 1 amide bonds. The first-order valence-corrected chi connectivity index (χ1v) is 9.01. The highest BCUT2D eigenvalue weighted by Gasteiger charge is 2.51. The van der Waals surface area contributed by atoms with Crippen molar-refractivity contribution in [1.82, 2.24) is 5.32 Å².